The lowest BCUT2D eigenvalue weighted by Gasteiger charge is -2.53. The van der Waals surface area contributed by atoms with Crippen molar-refractivity contribution in [2.45, 2.75) is 87.8 Å². The third kappa shape index (κ3) is 6.42. The van der Waals surface area contributed by atoms with Crippen molar-refractivity contribution in [3.8, 4) is 0 Å². The first kappa shape index (κ1) is 28.8. The maximum absolute atomic E-state index is 13.4. The van der Waals surface area contributed by atoms with Crippen LogP contribution in [0.25, 0.3) is 0 Å². The number of ether oxygens (including phenoxy) is 1. The standard InChI is InChI=1S/C20H32Cl3NO5SSi/c1-11(2)14(17(26)28-16(23)15(21)22)24-10-20(18(24)27,30-13(4)25)12(3)29-31(8,9)19(5,6)7/h12,15-16H,10H2,1-9H3/t12-,16?,20-/m1/s1. The molecule has 1 rings (SSSR count). The van der Waals surface area contributed by atoms with Gasteiger partial charge in [0.1, 0.15) is 10.4 Å². The molecule has 1 saturated heterocycles. The lowest BCUT2D eigenvalue weighted by Crippen LogP contribution is -2.71. The highest BCUT2D eigenvalue weighted by atomic mass is 35.5. The molecule has 1 aliphatic heterocycles. The van der Waals surface area contributed by atoms with Crippen LogP contribution in [0.1, 0.15) is 48.5 Å². The fraction of sp³-hybridized carbons (Fsp3) is 0.750. The van der Waals surface area contributed by atoms with Crippen LogP contribution in [-0.4, -0.2) is 58.0 Å². The number of hydrogen-bond acceptors (Lipinski definition) is 6. The van der Waals surface area contributed by atoms with Gasteiger partial charge in [-0.25, -0.2) is 4.79 Å². The molecule has 0 radical (unpaired) electrons. The van der Waals surface area contributed by atoms with Crippen molar-refractivity contribution >= 4 is 71.9 Å². The Hall–Kier alpha value is -0.253. The van der Waals surface area contributed by atoms with Crippen LogP contribution in [0.5, 0.6) is 0 Å². The maximum Gasteiger partial charge on any atom is 0.356 e. The molecule has 0 aromatic rings. The third-order valence-electron chi connectivity index (χ3n) is 5.61. The van der Waals surface area contributed by atoms with Crippen molar-refractivity contribution in [1.82, 2.24) is 4.90 Å². The Morgan fingerprint density at radius 3 is 2.03 bits per heavy atom. The molecule has 1 amide bonds. The Kier molecular flexibility index (Phi) is 9.60. The summed E-state index contributed by atoms with van der Waals surface area (Å²) in [5.41, 5.74) is -0.648. The quantitative estimate of drug-likeness (QED) is 0.136. The highest BCUT2D eigenvalue weighted by Gasteiger charge is 2.61. The SMILES string of the molecule is CC(=O)S[C@@]1([C@@H](C)O[Si](C)(C)C(C)(C)C)CN(C(C(=O)OC(Cl)C(Cl)Cl)=C(C)C)C1=O. The Morgan fingerprint density at radius 1 is 1.16 bits per heavy atom. The molecule has 0 aliphatic carbocycles. The summed E-state index contributed by atoms with van der Waals surface area (Å²) in [7, 11) is -2.21. The number of amides is 1. The van der Waals surface area contributed by atoms with Gasteiger partial charge in [0.25, 0.3) is 0 Å². The van der Waals surface area contributed by atoms with Crippen molar-refractivity contribution in [2.24, 2.45) is 0 Å². The largest absolute Gasteiger partial charge is 0.438 e. The van der Waals surface area contributed by atoms with Gasteiger partial charge in [0.2, 0.25) is 11.5 Å². The van der Waals surface area contributed by atoms with E-state index in [9.17, 15) is 14.4 Å². The second kappa shape index (κ2) is 10.3. The van der Waals surface area contributed by atoms with Gasteiger partial charge in [-0.1, -0.05) is 67.3 Å². The molecule has 0 aromatic heterocycles. The van der Waals surface area contributed by atoms with Crippen molar-refractivity contribution < 1.29 is 23.5 Å². The molecule has 11 heteroatoms. The molecule has 178 valence electrons. The number of likely N-dealkylation sites (tertiary alicyclic amines) is 1. The number of β-lactam (4-membered cyclic amide) rings is 1. The zero-order valence-electron chi connectivity index (χ0n) is 19.5. The Labute approximate surface area is 205 Å². The number of carbonyl (C=O) groups is 3. The predicted octanol–water partition coefficient (Wildman–Crippen LogP) is 5.46. The number of nitrogens with zero attached hydrogens (tertiary/aromatic N) is 1. The average molecular weight is 533 g/mol. The molecule has 6 nitrogen and oxygen atoms in total. The van der Waals surface area contributed by atoms with E-state index in [1.165, 1.54) is 11.8 Å². The molecule has 1 fully saturated rings. The molecular formula is C20H32Cl3NO5SSi. The minimum absolute atomic E-state index is 0.0592. The first-order valence-electron chi connectivity index (χ1n) is 9.87. The van der Waals surface area contributed by atoms with E-state index in [2.05, 4.69) is 33.9 Å². The fourth-order valence-corrected chi connectivity index (χ4v) is 5.74. The number of halogens is 3. The summed E-state index contributed by atoms with van der Waals surface area (Å²) >= 11 is 18.1. The normalized spacial score (nSPS) is 21.5. The van der Waals surface area contributed by atoms with Crippen molar-refractivity contribution in [3.63, 3.8) is 0 Å². The van der Waals surface area contributed by atoms with Crippen molar-refractivity contribution in [3.05, 3.63) is 11.3 Å². The number of carbonyl (C=O) groups excluding carboxylic acids is 3. The smallest absolute Gasteiger partial charge is 0.356 e. The van der Waals surface area contributed by atoms with Crippen LogP contribution >= 0.6 is 46.6 Å². The van der Waals surface area contributed by atoms with Gasteiger partial charge in [0.15, 0.2) is 18.3 Å². The molecule has 1 aliphatic rings. The lowest BCUT2D eigenvalue weighted by atomic mass is 9.90. The number of thioether (sulfide) groups is 1. The first-order chi connectivity index (χ1) is 13.9. The van der Waals surface area contributed by atoms with Crippen LogP contribution < -0.4 is 0 Å². The zero-order valence-corrected chi connectivity index (χ0v) is 23.6. The average Bonchev–Trinajstić information content (AvgIpc) is 2.57. The minimum Gasteiger partial charge on any atom is -0.438 e. The highest BCUT2D eigenvalue weighted by molar-refractivity contribution is 8.15. The van der Waals surface area contributed by atoms with Gasteiger partial charge in [-0.2, -0.15) is 0 Å². The summed E-state index contributed by atoms with van der Waals surface area (Å²) in [5, 5.41) is -0.271. The van der Waals surface area contributed by atoms with Crippen LogP contribution in [0.15, 0.2) is 11.3 Å². The zero-order chi connectivity index (χ0) is 24.5. The van der Waals surface area contributed by atoms with Gasteiger partial charge in [-0.05, 0) is 44.5 Å². The second-order valence-corrected chi connectivity index (χ2v) is 17.2. The van der Waals surface area contributed by atoms with Crippen LogP contribution in [0, 0.1) is 0 Å². The van der Waals surface area contributed by atoms with Gasteiger partial charge >= 0.3 is 5.97 Å². The second-order valence-electron chi connectivity index (χ2n) is 9.33. The van der Waals surface area contributed by atoms with Crippen molar-refractivity contribution in [2.75, 3.05) is 6.54 Å². The monoisotopic (exact) mass is 531 g/mol. The van der Waals surface area contributed by atoms with Crippen molar-refractivity contribution in [1.29, 1.82) is 0 Å². The highest BCUT2D eigenvalue weighted by Crippen LogP contribution is 2.47. The van der Waals surface area contributed by atoms with E-state index in [0.717, 1.165) is 11.8 Å². The summed E-state index contributed by atoms with van der Waals surface area (Å²) in [5.74, 6) is -1.19. The number of hydrogen-bond donors (Lipinski definition) is 0. The van der Waals surface area contributed by atoms with Gasteiger partial charge in [0, 0.05) is 6.92 Å². The van der Waals surface area contributed by atoms with E-state index in [4.69, 9.17) is 44.0 Å². The van der Waals surface area contributed by atoms with Gasteiger partial charge in [-0.15, -0.1) is 0 Å². The number of allylic oxidation sites excluding steroid dienone is 1. The molecule has 0 bridgehead atoms. The first-order valence-corrected chi connectivity index (χ1v) is 14.9. The topological polar surface area (TPSA) is 72.9 Å². The van der Waals surface area contributed by atoms with E-state index in [0.29, 0.717) is 5.57 Å². The molecule has 1 heterocycles. The van der Waals surface area contributed by atoms with Gasteiger partial charge in [-0.3, -0.25) is 9.59 Å². The van der Waals surface area contributed by atoms with Crippen LogP contribution in [0.2, 0.25) is 18.1 Å². The van der Waals surface area contributed by atoms with E-state index in [-0.39, 0.29) is 28.3 Å². The number of alkyl halides is 3. The number of esters is 1. The van der Waals surface area contributed by atoms with E-state index >= 15 is 0 Å². The molecule has 31 heavy (non-hydrogen) atoms. The van der Waals surface area contributed by atoms with Crippen LogP contribution in [0.3, 0.4) is 0 Å². The molecule has 1 unspecified atom stereocenters. The summed E-state index contributed by atoms with van der Waals surface area (Å²) in [6.45, 7) is 17.2. The van der Waals surface area contributed by atoms with E-state index < -0.39 is 35.5 Å². The Bertz CT molecular complexity index is 764. The summed E-state index contributed by atoms with van der Waals surface area (Å²) in [6, 6.07) is 0. The fourth-order valence-electron chi connectivity index (χ4n) is 2.92. The van der Waals surface area contributed by atoms with E-state index in [1.807, 2.05) is 6.92 Å². The molecule has 0 spiro atoms. The molecule has 0 N–H and O–H groups in total. The van der Waals surface area contributed by atoms with Gasteiger partial charge in [0.05, 0.1) is 12.6 Å². The molecule has 0 aromatic carbocycles. The predicted molar refractivity (Wildman–Crippen MR) is 130 cm³/mol. The van der Waals surface area contributed by atoms with E-state index in [1.54, 1.807) is 13.8 Å². The summed E-state index contributed by atoms with van der Waals surface area (Å²) in [6.07, 6.45) is -0.531. The maximum atomic E-state index is 13.4. The summed E-state index contributed by atoms with van der Waals surface area (Å²) in [4.78, 5) is 38.3. The molecule has 0 saturated carbocycles. The van der Waals surface area contributed by atoms with Gasteiger partial charge < -0.3 is 14.1 Å². The molecular weight excluding hydrogens is 501 g/mol. The minimum atomic E-state index is -2.21. The Morgan fingerprint density at radius 2 is 1.68 bits per heavy atom. The summed E-state index contributed by atoms with van der Waals surface area (Å²) < 4.78 is 10.4. The number of rotatable bonds is 8. The van der Waals surface area contributed by atoms with Crippen LogP contribution in [-0.2, 0) is 23.5 Å². The third-order valence-corrected chi connectivity index (χ3v) is 12.5. The lowest BCUT2D eigenvalue weighted by molar-refractivity contribution is -0.154. The van der Waals surface area contributed by atoms with Crippen LogP contribution in [0.4, 0.5) is 0 Å². The molecule has 3 atom stereocenters. The Balaban J connectivity index is 3.22.